The lowest BCUT2D eigenvalue weighted by molar-refractivity contribution is 0.00662. The van der Waals surface area contributed by atoms with Crippen molar-refractivity contribution in [2.75, 3.05) is 49.6 Å². The number of nitrogens with one attached hydrogen (secondary N) is 2. The average Bonchev–Trinajstić information content (AvgIpc) is 3.42. The predicted octanol–water partition coefficient (Wildman–Crippen LogP) is 6.15. The third kappa shape index (κ3) is 8.42. The highest BCUT2D eigenvalue weighted by atomic mass is 32.2. The second-order valence-corrected chi connectivity index (χ2v) is 18.6. The number of anilines is 3. The monoisotopic (exact) mass is 749 g/mol. The molecule has 6 rings (SSSR count). The van der Waals surface area contributed by atoms with Gasteiger partial charge in [-0.1, -0.05) is 0 Å². The molecule has 0 radical (unpaired) electrons. The fourth-order valence-electron chi connectivity index (χ4n) is 6.57. The average molecular weight is 750 g/mol. The molecule has 286 valence electrons. The summed E-state index contributed by atoms with van der Waals surface area (Å²) >= 11 is 0. The zero-order valence-corrected chi connectivity index (χ0v) is 32.8. The first-order valence-corrected chi connectivity index (χ1v) is 19.6. The van der Waals surface area contributed by atoms with Crippen LogP contribution >= 0.6 is 0 Å². The van der Waals surface area contributed by atoms with Crippen LogP contribution in [0, 0.1) is 19.3 Å². The maximum Gasteiger partial charge on any atom is 0.410 e. The summed E-state index contributed by atoms with van der Waals surface area (Å²) in [6.45, 7) is 17.8. The summed E-state index contributed by atoms with van der Waals surface area (Å²) in [5.74, 6) is 2.41. The van der Waals surface area contributed by atoms with E-state index in [1.54, 1.807) is 45.3 Å². The Bertz CT molecular complexity index is 2040. The Morgan fingerprint density at radius 1 is 0.906 bits per heavy atom. The van der Waals surface area contributed by atoms with Crippen molar-refractivity contribution in [2.24, 2.45) is 5.41 Å². The lowest BCUT2D eigenvalue weighted by Crippen LogP contribution is -2.49. The first-order valence-electron chi connectivity index (χ1n) is 18.1. The van der Waals surface area contributed by atoms with Gasteiger partial charge in [-0.15, -0.1) is 0 Å². The van der Waals surface area contributed by atoms with E-state index in [2.05, 4.69) is 40.3 Å². The highest BCUT2D eigenvalue weighted by molar-refractivity contribution is 7.92. The van der Waals surface area contributed by atoms with Gasteiger partial charge in [0.05, 0.1) is 28.4 Å². The first kappa shape index (κ1) is 38.0. The molecule has 16 heteroatoms. The smallest absolute Gasteiger partial charge is 0.410 e. The van der Waals surface area contributed by atoms with Crippen LogP contribution in [0.4, 0.5) is 22.4 Å². The molecule has 2 fully saturated rings. The number of aryl methyl sites for hydroxylation is 1. The molecule has 0 atom stereocenters. The van der Waals surface area contributed by atoms with Gasteiger partial charge in [-0.05, 0) is 92.6 Å². The number of likely N-dealkylation sites (tertiary alicyclic amines) is 1. The molecular formula is C37H51N9O6S. The molecule has 5 heterocycles. The summed E-state index contributed by atoms with van der Waals surface area (Å²) in [5, 5.41) is 10.9. The number of aromatic nitrogens is 6. The number of fused-ring (bicyclic) bond motifs is 1. The highest BCUT2D eigenvalue weighted by Gasteiger charge is 2.40. The quantitative estimate of drug-likeness (QED) is 0.186. The molecule has 0 aliphatic carbocycles. The zero-order valence-electron chi connectivity index (χ0n) is 31.9. The Morgan fingerprint density at radius 2 is 1.55 bits per heavy atom. The van der Waals surface area contributed by atoms with E-state index in [0.717, 1.165) is 50.0 Å². The number of nitrogens with zero attached hydrogens (tertiary/aromatic N) is 7. The molecule has 3 aromatic heterocycles. The number of piperidine rings is 2. The van der Waals surface area contributed by atoms with E-state index >= 15 is 0 Å². The molecule has 2 saturated heterocycles. The zero-order chi connectivity index (χ0) is 38.2. The van der Waals surface area contributed by atoms with Crippen LogP contribution in [-0.4, -0.2) is 99.3 Å². The molecule has 0 bridgehead atoms. The number of rotatable bonds is 9. The summed E-state index contributed by atoms with van der Waals surface area (Å²) in [7, 11) is -3.83. The second kappa shape index (κ2) is 14.6. The number of aromatic amines is 1. The Kier molecular flexibility index (Phi) is 10.5. The van der Waals surface area contributed by atoms with Crippen LogP contribution in [0.3, 0.4) is 0 Å². The number of hydrogen-bond donors (Lipinski definition) is 2. The van der Waals surface area contributed by atoms with Gasteiger partial charge in [-0.3, -0.25) is 5.10 Å². The summed E-state index contributed by atoms with van der Waals surface area (Å²) < 4.78 is 44.0. The summed E-state index contributed by atoms with van der Waals surface area (Å²) in [4.78, 5) is 34.5. The molecule has 2 aliphatic rings. The first-order chi connectivity index (χ1) is 24.9. The number of amides is 1. The second-order valence-electron chi connectivity index (χ2n) is 16.0. The van der Waals surface area contributed by atoms with E-state index in [1.165, 1.54) is 6.33 Å². The number of ether oxygens (including phenoxy) is 3. The third-order valence-electron chi connectivity index (χ3n) is 10.1. The Labute approximate surface area is 311 Å². The van der Waals surface area contributed by atoms with Gasteiger partial charge in [0.25, 0.3) is 0 Å². The number of benzene rings is 1. The molecule has 1 spiro atoms. The van der Waals surface area contributed by atoms with E-state index in [-0.39, 0.29) is 35.4 Å². The molecule has 4 aromatic rings. The predicted molar refractivity (Wildman–Crippen MR) is 202 cm³/mol. The number of carbonyl (C=O) groups excluding carboxylic acids is 1. The van der Waals surface area contributed by atoms with Crippen molar-refractivity contribution in [1.82, 2.24) is 35.0 Å². The number of H-pyrrole nitrogens is 1. The van der Waals surface area contributed by atoms with Gasteiger partial charge >= 0.3 is 6.09 Å². The van der Waals surface area contributed by atoms with Crippen molar-refractivity contribution in [3.05, 3.63) is 42.1 Å². The maximum atomic E-state index is 13.8. The van der Waals surface area contributed by atoms with Crippen LogP contribution < -0.4 is 19.7 Å². The minimum Gasteiger partial charge on any atom is -0.489 e. The van der Waals surface area contributed by atoms with Crippen LogP contribution in [0.1, 0.15) is 78.5 Å². The van der Waals surface area contributed by atoms with Gasteiger partial charge in [-0.2, -0.15) is 5.10 Å². The third-order valence-corrected chi connectivity index (χ3v) is 12.6. The number of carbonyl (C=O) groups is 1. The van der Waals surface area contributed by atoms with E-state index in [4.69, 9.17) is 14.2 Å². The van der Waals surface area contributed by atoms with Gasteiger partial charge in [0.2, 0.25) is 5.95 Å². The molecule has 1 amide bonds. The fraction of sp³-hybridized carbons (Fsp3) is 0.568. The highest BCUT2D eigenvalue weighted by Crippen LogP contribution is 2.42. The minimum atomic E-state index is -3.83. The molecule has 2 N–H and O–H groups in total. The molecule has 53 heavy (non-hydrogen) atoms. The topological polar surface area (TPSA) is 178 Å². The van der Waals surface area contributed by atoms with E-state index in [9.17, 15) is 13.2 Å². The molecule has 1 aromatic carbocycles. The van der Waals surface area contributed by atoms with Crippen molar-refractivity contribution in [3.8, 4) is 11.5 Å². The van der Waals surface area contributed by atoms with Crippen molar-refractivity contribution >= 4 is 44.4 Å². The van der Waals surface area contributed by atoms with Gasteiger partial charge in [0, 0.05) is 43.2 Å². The van der Waals surface area contributed by atoms with Crippen LogP contribution in [0.2, 0.25) is 0 Å². The van der Waals surface area contributed by atoms with Crippen molar-refractivity contribution in [3.63, 3.8) is 0 Å². The molecule has 2 aliphatic heterocycles. The normalized spacial score (nSPS) is 16.5. The van der Waals surface area contributed by atoms with Crippen LogP contribution in [-0.2, 0) is 14.6 Å². The molecule has 15 nitrogen and oxygen atoms in total. The SMILES string of the molecule is Cc1n[nH]c(Nc2ncnc3cc(OCCOc4cnc(N5CCC6(CCN(C(=O)OC(C)(C)C)CC6)CC5)nc4)c(S(=O)(=O)C(C)(C)C)cc23)c1C. The summed E-state index contributed by atoms with van der Waals surface area (Å²) in [5.41, 5.74) is 2.01. The van der Waals surface area contributed by atoms with Gasteiger partial charge in [0.1, 0.15) is 47.4 Å². The van der Waals surface area contributed by atoms with Crippen LogP contribution in [0.25, 0.3) is 10.9 Å². The lowest BCUT2D eigenvalue weighted by Gasteiger charge is -2.46. The van der Waals surface area contributed by atoms with Crippen molar-refractivity contribution in [1.29, 1.82) is 0 Å². The summed E-state index contributed by atoms with van der Waals surface area (Å²) in [6, 6.07) is 3.19. The number of hydrogen-bond acceptors (Lipinski definition) is 13. The Balaban J connectivity index is 1.06. The standard InChI is InChI=1S/C37H51N9O6S/c1-24-25(2)43-44-31(24)42-32-27-19-30(53(48,49)36(6,7)8)29(20-28(27)40-23-41-32)51-18-17-50-26-21-38-33(39-22-26)45-13-9-37(10-14-45)11-15-46(16-12-37)34(47)52-35(3,4)5/h19-23H,9-18H2,1-8H3,(H2,40,41,42,43,44). The lowest BCUT2D eigenvalue weighted by atomic mass is 9.71. The summed E-state index contributed by atoms with van der Waals surface area (Å²) in [6.07, 6.45) is 8.45. The van der Waals surface area contributed by atoms with E-state index < -0.39 is 20.2 Å². The Hall–Kier alpha value is -4.73. The fourth-order valence-corrected chi connectivity index (χ4v) is 7.89. The van der Waals surface area contributed by atoms with Gasteiger partial charge in [-0.25, -0.2) is 33.1 Å². The minimum absolute atomic E-state index is 0.0393. The van der Waals surface area contributed by atoms with E-state index in [0.29, 0.717) is 47.3 Å². The van der Waals surface area contributed by atoms with Crippen LogP contribution in [0.5, 0.6) is 11.5 Å². The van der Waals surface area contributed by atoms with Crippen LogP contribution in [0.15, 0.2) is 35.7 Å². The maximum absolute atomic E-state index is 13.8. The van der Waals surface area contributed by atoms with Crippen molar-refractivity contribution < 1.29 is 27.4 Å². The molecule has 0 saturated carbocycles. The van der Waals surface area contributed by atoms with E-state index in [1.807, 2.05) is 39.5 Å². The largest absolute Gasteiger partial charge is 0.489 e. The molecular weight excluding hydrogens is 699 g/mol. The van der Waals surface area contributed by atoms with Gasteiger partial charge < -0.3 is 29.3 Å². The van der Waals surface area contributed by atoms with Crippen molar-refractivity contribution in [2.45, 2.75) is 96.3 Å². The molecule has 0 unspecified atom stereocenters. The Morgan fingerprint density at radius 3 is 2.15 bits per heavy atom. The number of sulfone groups is 1. The van der Waals surface area contributed by atoms with Gasteiger partial charge in [0.15, 0.2) is 15.6 Å².